The minimum Gasteiger partial charge on any atom is -0.333 e. The Morgan fingerprint density at radius 2 is 1.77 bits per heavy atom. The Labute approximate surface area is 76.7 Å². The van der Waals surface area contributed by atoms with E-state index in [-0.39, 0.29) is 0 Å². The van der Waals surface area contributed by atoms with Crippen molar-refractivity contribution in [2.75, 3.05) is 6.54 Å². The van der Waals surface area contributed by atoms with Crippen molar-refractivity contribution in [2.45, 2.75) is 6.29 Å². The van der Waals surface area contributed by atoms with Gasteiger partial charge in [-0.25, -0.2) is 0 Å². The summed E-state index contributed by atoms with van der Waals surface area (Å²) in [5.74, 6) is 0. The molecule has 1 unspecified atom stereocenters. The van der Waals surface area contributed by atoms with Gasteiger partial charge in [-0.15, -0.1) is 0 Å². The third kappa shape index (κ3) is 0.884. The molecule has 0 saturated heterocycles. The molecule has 66 valence electrons. The number of nitrogens with zero attached hydrogens (tertiary/aromatic N) is 4. The van der Waals surface area contributed by atoms with Crippen LogP contribution >= 0.6 is 0 Å². The van der Waals surface area contributed by atoms with E-state index in [1.54, 1.807) is 0 Å². The van der Waals surface area contributed by atoms with Gasteiger partial charge >= 0.3 is 0 Å². The van der Waals surface area contributed by atoms with E-state index in [1.165, 1.54) is 0 Å². The lowest BCUT2D eigenvalue weighted by atomic mass is 10.5. The fraction of sp³-hybridized carbons (Fsp3) is 0.222. The predicted octanol–water partition coefficient (Wildman–Crippen LogP) is 0.701. The standard InChI is InChI=1S/C9H10N4/c1-3-11-5-7-13-8-6-12(9(11)13)4-2-10-1/h1-3,5-9H,4H2/b3-1-,10-2-. The first-order valence-electron chi connectivity index (χ1n) is 4.31. The van der Waals surface area contributed by atoms with Gasteiger partial charge in [0.1, 0.15) is 0 Å². The van der Waals surface area contributed by atoms with Crippen molar-refractivity contribution >= 4 is 6.21 Å². The van der Waals surface area contributed by atoms with Crippen molar-refractivity contribution in [1.82, 2.24) is 14.7 Å². The van der Waals surface area contributed by atoms with Gasteiger partial charge in [0.25, 0.3) is 0 Å². The molecule has 0 amide bonds. The van der Waals surface area contributed by atoms with Gasteiger partial charge < -0.3 is 14.7 Å². The fourth-order valence-electron chi connectivity index (χ4n) is 1.77. The monoisotopic (exact) mass is 174 g/mol. The van der Waals surface area contributed by atoms with E-state index in [0.29, 0.717) is 6.29 Å². The smallest absolute Gasteiger partial charge is 0.188 e. The molecule has 0 aliphatic carbocycles. The lowest BCUT2D eigenvalue weighted by Crippen LogP contribution is -2.43. The number of rotatable bonds is 0. The molecule has 0 aromatic rings. The van der Waals surface area contributed by atoms with E-state index in [2.05, 4.69) is 44.5 Å². The largest absolute Gasteiger partial charge is 0.333 e. The molecule has 1 atom stereocenters. The number of aliphatic imine (C=N–C) groups is 1. The summed E-state index contributed by atoms with van der Waals surface area (Å²) in [5.41, 5.74) is 0. The predicted molar refractivity (Wildman–Crippen MR) is 50.1 cm³/mol. The van der Waals surface area contributed by atoms with Gasteiger partial charge in [0, 0.05) is 43.4 Å². The first-order chi connectivity index (χ1) is 6.45. The highest BCUT2D eigenvalue weighted by Gasteiger charge is 2.31. The Bertz CT molecular complexity index is 329. The summed E-state index contributed by atoms with van der Waals surface area (Å²) in [5, 5.41) is 0. The maximum Gasteiger partial charge on any atom is 0.188 e. The van der Waals surface area contributed by atoms with Crippen molar-refractivity contribution < 1.29 is 0 Å². The van der Waals surface area contributed by atoms with Gasteiger partial charge in [0.15, 0.2) is 6.29 Å². The van der Waals surface area contributed by atoms with E-state index in [1.807, 2.05) is 18.6 Å². The Balaban J connectivity index is 1.99. The molecule has 4 nitrogen and oxygen atoms in total. The minimum absolute atomic E-state index is 0.294. The van der Waals surface area contributed by atoms with E-state index in [4.69, 9.17) is 0 Å². The summed E-state index contributed by atoms with van der Waals surface area (Å²) in [6.45, 7) is 0.861. The normalized spacial score (nSPS) is 33.2. The average Bonchev–Trinajstić information content (AvgIpc) is 2.60. The molecule has 0 aromatic heterocycles. The zero-order chi connectivity index (χ0) is 8.67. The Morgan fingerprint density at radius 1 is 1.00 bits per heavy atom. The van der Waals surface area contributed by atoms with Crippen LogP contribution in [0.5, 0.6) is 0 Å². The molecular formula is C9H10N4. The third-order valence-corrected chi connectivity index (χ3v) is 2.39. The summed E-state index contributed by atoms with van der Waals surface area (Å²) in [6, 6.07) is 0. The van der Waals surface area contributed by atoms with Crippen LogP contribution in [0.3, 0.4) is 0 Å². The summed E-state index contributed by atoms with van der Waals surface area (Å²) in [6.07, 6.45) is 14.3. The highest BCUT2D eigenvalue weighted by molar-refractivity contribution is 5.61. The second-order valence-corrected chi connectivity index (χ2v) is 3.16. The molecular weight excluding hydrogens is 164 g/mol. The lowest BCUT2D eigenvalue weighted by molar-refractivity contribution is 0.119. The molecule has 0 radical (unpaired) electrons. The molecule has 13 heavy (non-hydrogen) atoms. The van der Waals surface area contributed by atoms with Gasteiger partial charge in [0.05, 0.1) is 6.54 Å². The highest BCUT2D eigenvalue weighted by atomic mass is 15.5. The molecule has 0 aromatic carbocycles. The summed E-state index contributed by atoms with van der Waals surface area (Å²) < 4.78 is 0. The summed E-state index contributed by atoms with van der Waals surface area (Å²) in [4.78, 5) is 10.7. The molecule has 3 rings (SSSR count). The van der Waals surface area contributed by atoms with Crippen molar-refractivity contribution in [3.8, 4) is 0 Å². The quantitative estimate of drug-likeness (QED) is 0.539. The maximum atomic E-state index is 4.13. The first-order valence-corrected chi connectivity index (χ1v) is 4.31. The second kappa shape index (κ2) is 2.39. The van der Waals surface area contributed by atoms with Crippen LogP contribution in [0, 0.1) is 0 Å². The molecule has 0 spiro atoms. The zero-order valence-electron chi connectivity index (χ0n) is 7.11. The van der Waals surface area contributed by atoms with Gasteiger partial charge in [-0.3, -0.25) is 4.99 Å². The minimum atomic E-state index is 0.294. The Kier molecular flexibility index (Phi) is 1.24. The molecule has 0 fully saturated rings. The number of hydrogen-bond acceptors (Lipinski definition) is 4. The van der Waals surface area contributed by atoms with Gasteiger partial charge in [0.2, 0.25) is 0 Å². The third-order valence-electron chi connectivity index (χ3n) is 2.39. The van der Waals surface area contributed by atoms with Crippen LogP contribution in [-0.4, -0.2) is 33.7 Å². The summed E-state index contributed by atoms with van der Waals surface area (Å²) >= 11 is 0. The van der Waals surface area contributed by atoms with Crippen molar-refractivity contribution in [3.05, 3.63) is 37.2 Å². The van der Waals surface area contributed by atoms with Crippen LogP contribution in [-0.2, 0) is 0 Å². The SMILES string of the molecule is C1=CN2/C=C\N=C/CN3C=CN1C23. The van der Waals surface area contributed by atoms with Crippen LogP contribution in [0.2, 0.25) is 0 Å². The van der Waals surface area contributed by atoms with Crippen molar-refractivity contribution in [2.24, 2.45) is 4.99 Å². The molecule has 0 saturated carbocycles. The van der Waals surface area contributed by atoms with Gasteiger partial charge in [-0.1, -0.05) is 0 Å². The van der Waals surface area contributed by atoms with Crippen LogP contribution in [0.4, 0.5) is 0 Å². The molecule has 0 bridgehead atoms. The zero-order valence-corrected chi connectivity index (χ0v) is 7.11. The Morgan fingerprint density at radius 3 is 2.69 bits per heavy atom. The average molecular weight is 174 g/mol. The van der Waals surface area contributed by atoms with Crippen molar-refractivity contribution in [3.63, 3.8) is 0 Å². The summed E-state index contributed by atoms with van der Waals surface area (Å²) in [7, 11) is 0. The topological polar surface area (TPSA) is 22.1 Å². The van der Waals surface area contributed by atoms with Gasteiger partial charge in [-0.05, 0) is 0 Å². The molecule has 0 N–H and O–H groups in total. The molecule has 3 heterocycles. The van der Waals surface area contributed by atoms with Crippen LogP contribution in [0.15, 0.2) is 42.2 Å². The van der Waals surface area contributed by atoms with Crippen LogP contribution in [0.25, 0.3) is 0 Å². The van der Waals surface area contributed by atoms with Gasteiger partial charge in [-0.2, -0.15) is 0 Å². The number of hydrogen-bond donors (Lipinski definition) is 0. The molecule has 4 heteroatoms. The van der Waals surface area contributed by atoms with E-state index in [9.17, 15) is 0 Å². The van der Waals surface area contributed by atoms with E-state index >= 15 is 0 Å². The maximum absolute atomic E-state index is 4.13. The first kappa shape index (κ1) is 6.77. The highest BCUT2D eigenvalue weighted by Crippen LogP contribution is 2.25. The Hall–Kier alpha value is -1.71. The van der Waals surface area contributed by atoms with E-state index in [0.717, 1.165) is 6.54 Å². The molecule has 3 aliphatic heterocycles. The lowest BCUT2D eigenvalue weighted by Gasteiger charge is -2.32. The molecule has 3 aliphatic rings. The fourth-order valence-corrected chi connectivity index (χ4v) is 1.77. The van der Waals surface area contributed by atoms with Crippen LogP contribution in [0.1, 0.15) is 0 Å². The van der Waals surface area contributed by atoms with Crippen molar-refractivity contribution in [1.29, 1.82) is 0 Å². The van der Waals surface area contributed by atoms with Crippen LogP contribution < -0.4 is 0 Å². The second-order valence-electron chi connectivity index (χ2n) is 3.16. The van der Waals surface area contributed by atoms with E-state index < -0.39 is 0 Å².